The van der Waals surface area contributed by atoms with Crippen molar-refractivity contribution in [1.82, 2.24) is 15.5 Å². The largest absolute Gasteiger partial charge is 0.406 e. The third-order valence-electron chi connectivity index (χ3n) is 3.22. The molecule has 2 atom stereocenters. The monoisotopic (exact) mass is 331 g/mol. The summed E-state index contributed by atoms with van der Waals surface area (Å²) < 4.78 is 41.9. The summed E-state index contributed by atoms with van der Waals surface area (Å²) in [6, 6.07) is -1.44. The maximum atomic E-state index is 12.3. The first-order valence-corrected chi connectivity index (χ1v) is 6.34. The van der Waals surface area contributed by atoms with Gasteiger partial charge in [0.25, 0.3) is 0 Å². The van der Waals surface area contributed by atoms with E-state index in [0.29, 0.717) is 13.2 Å². The van der Waals surface area contributed by atoms with Crippen molar-refractivity contribution in [3.8, 4) is 0 Å². The van der Waals surface area contributed by atoms with Crippen molar-refractivity contribution in [2.24, 2.45) is 0 Å². The molecule has 21 heavy (non-hydrogen) atoms. The van der Waals surface area contributed by atoms with Crippen LogP contribution in [0.5, 0.6) is 0 Å². The molecule has 2 N–H and O–H groups in total. The summed E-state index contributed by atoms with van der Waals surface area (Å²) in [6.07, 6.45) is -4.23. The Labute approximate surface area is 125 Å². The van der Waals surface area contributed by atoms with E-state index in [1.165, 1.54) is 0 Å². The van der Waals surface area contributed by atoms with E-state index in [2.05, 4.69) is 10.6 Å². The molecule has 0 bridgehead atoms. The SMILES string of the molecule is Cl.O=C(NC1CCN(CC(F)(F)F)C1=O)C1COCCN1. The highest BCUT2D eigenvalue weighted by atomic mass is 35.5. The molecule has 10 heteroatoms. The minimum Gasteiger partial charge on any atom is -0.378 e. The number of carbonyl (C=O) groups excluding carboxylic acids is 2. The normalized spacial score (nSPS) is 26.4. The second-order valence-electron chi connectivity index (χ2n) is 4.81. The van der Waals surface area contributed by atoms with Crippen molar-refractivity contribution >= 4 is 24.2 Å². The van der Waals surface area contributed by atoms with Gasteiger partial charge in [-0.2, -0.15) is 13.2 Å². The number of rotatable bonds is 3. The van der Waals surface area contributed by atoms with Gasteiger partial charge in [-0.1, -0.05) is 0 Å². The molecular weight excluding hydrogens is 315 g/mol. The number of alkyl halides is 3. The zero-order chi connectivity index (χ0) is 14.8. The van der Waals surface area contributed by atoms with E-state index in [1.807, 2.05) is 0 Å². The zero-order valence-electron chi connectivity index (χ0n) is 11.1. The van der Waals surface area contributed by atoms with Crippen LogP contribution in [0.3, 0.4) is 0 Å². The van der Waals surface area contributed by atoms with Gasteiger partial charge in [-0.15, -0.1) is 12.4 Å². The average Bonchev–Trinajstić information content (AvgIpc) is 2.71. The highest BCUT2D eigenvalue weighted by molar-refractivity contribution is 5.91. The molecule has 6 nitrogen and oxygen atoms in total. The summed E-state index contributed by atoms with van der Waals surface area (Å²) in [5.74, 6) is -1.11. The topological polar surface area (TPSA) is 70.7 Å². The molecule has 0 aliphatic carbocycles. The minimum absolute atomic E-state index is 0. The number of morpholine rings is 1. The Morgan fingerprint density at radius 2 is 2.19 bits per heavy atom. The van der Waals surface area contributed by atoms with Crippen molar-refractivity contribution in [2.75, 3.05) is 32.8 Å². The molecule has 0 radical (unpaired) electrons. The van der Waals surface area contributed by atoms with Crippen molar-refractivity contribution in [1.29, 1.82) is 0 Å². The predicted molar refractivity (Wildman–Crippen MR) is 69.0 cm³/mol. The fourth-order valence-electron chi connectivity index (χ4n) is 2.25. The number of hydrogen-bond donors (Lipinski definition) is 2. The van der Waals surface area contributed by atoms with Crippen LogP contribution in [0.1, 0.15) is 6.42 Å². The van der Waals surface area contributed by atoms with Crippen LogP contribution in [0.2, 0.25) is 0 Å². The first-order chi connectivity index (χ1) is 9.37. The molecule has 2 rings (SSSR count). The van der Waals surface area contributed by atoms with Crippen LogP contribution in [0.25, 0.3) is 0 Å². The van der Waals surface area contributed by atoms with Crippen LogP contribution in [0.4, 0.5) is 13.2 Å². The summed E-state index contributed by atoms with van der Waals surface area (Å²) in [4.78, 5) is 24.3. The van der Waals surface area contributed by atoms with Gasteiger partial charge in [0, 0.05) is 13.1 Å². The number of amides is 2. The molecule has 2 fully saturated rings. The Hall–Kier alpha value is -1.06. The molecule has 2 unspecified atom stereocenters. The number of carbonyl (C=O) groups is 2. The number of nitrogens with zero attached hydrogens (tertiary/aromatic N) is 1. The summed E-state index contributed by atoms with van der Waals surface area (Å²) in [6.45, 7) is -0.0533. The molecule has 2 aliphatic rings. The van der Waals surface area contributed by atoms with Crippen molar-refractivity contribution < 1.29 is 27.5 Å². The first-order valence-electron chi connectivity index (χ1n) is 6.34. The molecule has 2 heterocycles. The Morgan fingerprint density at radius 1 is 1.48 bits per heavy atom. The lowest BCUT2D eigenvalue weighted by Gasteiger charge is -2.24. The average molecular weight is 332 g/mol. The molecule has 2 amide bonds. The highest BCUT2D eigenvalue weighted by Gasteiger charge is 2.40. The van der Waals surface area contributed by atoms with Gasteiger partial charge in [0.05, 0.1) is 13.2 Å². The van der Waals surface area contributed by atoms with E-state index in [1.54, 1.807) is 0 Å². The summed E-state index contributed by atoms with van der Waals surface area (Å²) in [5, 5.41) is 5.39. The van der Waals surface area contributed by atoms with E-state index >= 15 is 0 Å². The van der Waals surface area contributed by atoms with Gasteiger partial charge in [0.15, 0.2) is 0 Å². The van der Waals surface area contributed by atoms with Crippen LogP contribution in [-0.4, -0.2) is 67.8 Å². The Bertz CT molecular complexity index is 389. The highest BCUT2D eigenvalue weighted by Crippen LogP contribution is 2.20. The molecule has 2 saturated heterocycles. The second kappa shape index (κ2) is 7.28. The van der Waals surface area contributed by atoms with Crippen molar-refractivity contribution in [2.45, 2.75) is 24.7 Å². The van der Waals surface area contributed by atoms with Gasteiger partial charge in [-0.25, -0.2) is 0 Å². The number of hydrogen-bond acceptors (Lipinski definition) is 4. The summed E-state index contributed by atoms with van der Waals surface area (Å²) in [5.41, 5.74) is 0. The third-order valence-corrected chi connectivity index (χ3v) is 3.22. The van der Waals surface area contributed by atoms with Crippen LogP contribution < -0.4 is 10.6 Å². The Morgan fingerprint density at radius 3 is 2.76 bits per heavy atom. The molecule has 0 aromatic heterocycles. The van der Waals surface area contributed by atoms with Crippen molar-refractivity contribution in [3.63, 3.8) is 0 Å². The van der Waals surface area contributed by atoms with Gasteiger partial charge in [0.1, 0.15) is 18.6 Å². The fraction of sp³-hybridized carbons (Fsp3) is 0.818. The van der Waals surface area contributed by atoms with E-state index < -0.39 is 36.6 Å². The molecular formula is C11H17ClF3N3O3. The number of halogens is 4. The standard InChI is InChI=1S/C11H16F3N3O3.ClH/c12-11(13,14)6-17-3-1-7(10(17)19)16-9(18)8-5-20-4-2-15-8;/h7-8,15H,1-6H2,(H,16,18);1H. The van der Waals surface area contributed by atoms with Gasteiger partial charge >= 0.3 is 6.18 Å². The molecule has 0 spiro atoms. The molecule has 0 aromatic carbocycles. The quantitative estimate of drug-likeness (QED) is 0.743. The van der Waals surface area contributed by atoms with Gasteiger partial charge in [-0.05, 0) is 6.42 Å². The van der Waals surface area contributed by atoms with Crippen LogP contribution >= 0.6 is 12.4 Å². The van der Waals surface area contributed by atoms with Crippen molar-refractivity contribution in [3.05, 3.63) is 0 Å². The molecule has 0 aromatic rings. The lowest BCUT2D eigenvalue weighted by molar-refractivity contribution is -0.158. The molecule has 2 aliphatic heterocycles. The lowest BCUT2D eigenvalue weighted by atomic mass is 10.2. The summed E-state index contributed by atoms with van der Waals surface area (Å²) >= 11 is 0. The third kappa shape index (κ3) is 5.01. The second-order valence-corrected chi connectivity index (χ2v) is 4.81. The predicted octanol–water partition coefficient (Wildman–Crippen LogP) is -0.324. The fourth-order valence-corrected chi connectivity index (χ4v) is 2.25. The zero-order valence-corrected chi connectivity index (χ0v) is 11.9. The maximum Gasteiger partial charge on any atom is 0.406 e. The number of nitrogens with one attached hydrogen (secondary N) is 2. The van der Waals surface area contributed by atoms with Crippen LogP contribution in [0.15, 0.2) is 0 Å². The van der Waals surface area contributed by atoms with Crippen LogP contribution in [-0.2, 0) is 14.3 Å². The first kappa shape index (κ1) is 18.0. The molecule has 0 saturated carbocycles. The van der Waals surface area contributed by atoms with E-state index in [9.17, 15) is 22.8 Å². The Balaban J connectivity index is 0.00000220. The minimum atomic E-state index is -4.42. The summed E-state index contributed by atoms with van der Waals surface area (Å²) in [7, 11) is 0. The number of likely N-dealkylation sites (tertiary alicyclic amines) is 1. The van der Waals surface area contributed by atoms with E-state index in [-0.39, 0.29) is 32.0 Å². The maximum absolute atomic E-state index is 12.3. The van der Waals surface area contributed by atoms with Gasteiger partial charge < -0.3 is 20.3 Å². The van der Waals surface area contributed by atoms with E-state index in [4.69, 9.17) is 4.74 Å². The van der Waals surface area contributed by atoms with Crippen LogP contribution in [0, 0.1) is 0 Å². The van der Waals surface area contributed by atoms with E-state index in [0.717, 1.165) is 4.90 Å². The van der Waals surface area contributed by atoms with Gasteiger partial charge in [-0.3, -0.25) is 9.59 Å². The lowest BCUT2D eigenvalue weighted by Crippen LogP contribution is -2.54. The molecule has 122 valence electrons. The van der Waals surface area contributed by atoms with Gasteiger partial charge in [0.2, 0.25) is 11.8 Å². The number of ether oxygens (including phenoxy) is 1. The Kier molecular flexibility index (Phi) is 6.24. The smallest absolute Gasteiger partial charge is 0.378 e.